The van der Waals surface area contributed by atoms with Gasteiger partial charge in [0.2, 0.25) is 0 Å². The Morgan fingerprint density at radius 1 is 1.30 bits per heavy atom. The van der Waals surface area contributed by atoms with Gasteiger partial charge in [0.15, 0.2) is 5.89 Å². The summed E-state index contributed by atoms with van der Waals surface area (Å²) in [7, 11) is 0. The lowest BCUT2D eigenvalue weighted by Crippen LogP contribution is -2.43. The largest absolute Gasteiger partial charge is 0.481 e. The standard InChI is InChI=1S/C16H25N3O4/c1-3-4-14-18-10(2)13(23-14)9-17-16(22)19-12-7-5-11(6-8-12)15(20)21/h11-12H,3-9H2,1-2H3,(H,20,21)(H2,17,19,22). The van der Waals surface area contributed by atoms with Gasteiger partial charge in [-0.05, 0) is 39.0 Å². The maximum atomic E-state index is 11.9. The molecule has 1 saturated carbocycles. The number of hydrogen-bond donors (Lipinski definition) is 3. The molecule has 1 aliphatic carbocycles. The molecule has 0 spiro atoms. The van der Waals surface area contributed by atoms with Gasteiger partial charge in [0.1, 0.15) is 5.76 Å². The molecule has 2 amide bonds. The first-order valence-corrected chi connectivity index (χ1v) is 8.22. The summed E-state index contributed by atoms with van der Waals surface area (Å²) in [6.45, 7) is 4.23. The lowest BCUT2D eigenvalue weighted by molar-refractivity contribution is -0.142. The minimum absolute atomic E-state index is 0.0390. The van der Waals surface area contributed by atoms with E-state index < -0.39 is 5.97 Å². The van der Waals surface area contributed by atoms with Gasteiger partial charge in [0.25, 0.3) is 0 Å². The third-order valence-corrected chi connectivity index (χ3v) is 4.22. The van der Waals surface area contributed by atoms with E-state index in [1.54, 1.807) is 0 Å². The van der Waals surface area contributed by atoms with E-state index in [1.165, 1.54) is 0 Å². The van der Waals surface area contributed by atoms with Crippen LogP contribution in [0.15, 0.2) is 4.42 Å². The highest BCUT2D eigenvalue weighted by Gasteiger charge is 2.26. The van der Waals surface area contributed by atoms with Gasteiger partial charge in [0.05, 0.1) is 18.2 Å². The number of hydrogen-bond acceptors (Lipinski definition) is 4. The van der Waals surface area contributed by atoms with E-state index in [2.05, 4.69) is 22.5 Å². The number of carboxylic acids is 1. The van der Waals surface area contributed by atoms with Gasteiger partial charge < -0.3 is 20.2 Å². The summed E-state index contributed by atoms with van der Waals surface area (Å²) in [6.07, 6.45) is 4.38. The van der Waals surface area contributed by atoms with E-state index in [4.69, 9.17) is 9.52 Å². The van der Waals surface area contributed by atoms with E-state index in [1.807, 2.05) is 6.92 Å². The van der Waals surface area contributed by atoms with Crippen LogP contribution in [0.4, 0.5) is 4.79 Å². The predicted molar refractivity (Wildman–Crippen MR) is 84.0 cm³/mol. The molecule has 0 bridgehead atoms. The number of aromatic nitrogens is 1. The fourth-order valence-electron chi connectivity index (χ4n) is 2.85. The molecule has 0 aliphatic heterocycles. The topological polar surface area (TPSA) is 104 Å². The second-order valence-corrected chi connectivity index (χ2v) is 6.08. The van der Waals surface area contributed by atoms with Crippen molar-refractivity contribution in [2.24, 2.45) is 5.92 Å². The van der Waals surface area contributed by atoms with Crippen molar-refractivity contribution in [3.63, 3.8) is 0 Å². The Morgan fingerprint density at radius 3 is 2.61 bits per heavy atom. The van der Waals surface area contributed by atoms with Crippen LogP contribution in [0.5, 0.6) is 0 Å². The molecule has 0 aromatic carbocycles. The molecule has 1 heterocycles. The number of nitrogens with one attached hydrogen (secondary N) is 2. The summed E-state index contributed by atoms with van der Waals surface area (Å²) in [6, 6.07) is -0.214. The van der Waals surface area contributed by atoms with Crippen LogP contribution in [0.2, 0.25) is 0 Å². The van der Waals surface area contributed by atoms with Crippen LogP contribution in [-0.2, 0) is 17.8 Å². The normalized spacial score (nSPS) is 21.0. The van der Waals surface area contributed by atoms with Crippen LogP contribution >= 0.6 is 0 Å². The van der Waals surface area contributed by atoms with Crippen molar-refractivity contribution in [1.29, 1.82) is 0 Å². The van der Waals surface area contributed by atoms with Crippen LogP contribution < -0.4 is 10.6 Å². The quantitative estimate of drug-likeness (QED) is 0.745. The minimum atomic E-state index is -0.739. The van der Waals surface area contributed by atoms with E-state index in [0.717, 1.165) is 18.5 Å². The van der Waals surface area contributed by atoms with Crippen molar-refractivity contribution in [1.82, 2.24) is 15.6 Å². The van der Waals surface area contributed by atoms with Gasteiger partial charge in [0, 0.05) is 12.5 Å². The molecular formula is C16H25N3O4. The molecule has 2 rings (SSSR count). The first-order valence-electron chi connectivity index (χ1n) is 8.22. The van der Waals surface area contributed by atoms with Gasteiger partial charge in [-0.3, -0.25) is 4.79 Å². The molecule has 128 valence electrons. The monoisotopic (exact) mass is 323 g/mol. The van der Waals surface area contributed by atoms with Crippen LogP contribution in [-0.4, -0.2) is 28.1 Å². The predicted octanol–water partition coefficient (Wildman–Crippen LogP) is 2.38. The first kappa shape index (κ1) is 17.3. The van der Waals surface area contributed by atoms with Gasteiger partial charge in [-0.25, -0.2) is 9.78 Å². The summed E-state index contributed by atoms with van der Waals surface area (Å²) < 4.78 is 5.62. The Bertz CT molecular complexity index is 548. The average molecular weight is 323 g/mol. The number of aliphatic carboxylic acids is 1. The average Bonchev–Trinajstić information content (AvgIpc) is 2.86. The van der Waals surface area contributed by atoms with E-state index >= 15 is 0 Å². The highest BCUT2D eigenvalue weighted by Crippen LogP contribution is 2.24. The fraction of sp³-hybridized carbons (Fsp3) is 0.688. The van der Waals surface area contributed by atoms with Crippen LogP contribution in [0.1, 0.15) is 56.4 Å². The lowest BCUT2D eigenvalue weighted by Gasteiger charge is -2.26. The molecule has 0 radical (unpaired) electrons. The maximum absolute atomic E-state index is 11.9. The van der Waals surface area contributed by atoms with Gasteiger partial charge in [-0.15, -0.1) is 0 Å². The SMILES string of the molecule is CCCc1nc(C)c(CNC(=O)NC2CCC(C(=O)O)CC2)o1. The molecule has 1 aromatic heterocycles. The Kier molecular flexibility index (Phi) is 6.01. The molecule has 1 fully saturated rings. The third kappa shape index (κ3) is 4.97. The number of carbonyl (C=O) groups excluding carboxylic acids is 1. The summed E-state index contributed by atoms with van der Waals surface area (Å²) in [5.41, 5.74) is 0.802. The molecular weight excluding hydrogens is 298 g/mol. The van der Waals surface area contributed by atoms with Crippen molar-refractivity contribution < 1.29 is 19.1 Å². The Balaban J connectivity index is 1.74. The molecule has 1 aromatic rings. The van der Waals surface area contributed by atoms with Crippen molar-refractivity contribution in [3.8, 4) is 0 Å². The Hall–Kier alpha value is -2.05. The zero-order valence-electron chi connectivity index (χ0n) is 13.7. The molecule has 0 atom stereocenters. The summed E-state index contributed by atoms with van der Waals surface area (Å²) in [5.74, 6) is 0.369. The Morgan fingerprint density at radius 2 is 2.00 bits per heavy atom. The molecule has 0 saturated heterocycles. The fourth-order valence-corrected chi connectivity index (χ4v) is 2.85. The van der Waals surface area contributed by atoms with Crippen LogP contribution in [0, 0.1) is 12.8 Å². The van der Waals surface area contributed by atoms with Gasteiger partial charge >= 0.3 is 12.0 Å². The number of amides is 2. The van der Waals surface area contributed by atoms with Gasteiger partial charge in [-0.1, -0.05) is 6.92 Å². The molecule has 3 N–H and O–H groups in total. The van der Waals surface area contributed by atoms with E-state index in [0.29, 0.717) is 43.9 Å². The number of aryl methyl sites for hydroxylation is 2. The van der Waals surface area contributed by atoms with Crippen LogP contribution in [0.3, 0.4) is 0 Å². The number of carbonyl (C=O) groups is 2. The smallest absolute Gasteiger partial charge is 0.315 e. The summed E-state index contributed by atoms with van der Waals surface area (Å²) in [4.78, 5) is 27.2. The minimum Gasteiger partial charge on any atom is -0.481 e. The highest BCUT2D eigenvalue weighted by molar-refractivity contribution is 5.74. The third-order valence-electron chi connectivity index (χ3n) is 4.22. The summed E-state index contributed by atoms with van der Waals surface area (Å²) in [5, 5.41) is 14.6. The van der Waals surface area contributed by atoms with E-state index in [-0.39, 0.29) is 18.0 Å². The zero-order valence-corrected chi connectivity index (χ0v) is 13.7. The Labute approximate surface area is 135 Å². The number of rotatable bonds is 6. The number of nitrogens with zero attached hydrogens (tertiary/aromatic N) is 1. The van der Waals surface area contributed by atoms with E-state index in [9.17, 15) is 9.59 Å². The molecule has 23 heavy (non-hydrogen) atoms. The van der Waals surface area contributed by atoms with Gasteiger partial charge in [-0.2, -0.15) is 0 Å². The summed E-state index contributed by atoms with van der Waals surface area (Å²) >= 11 is 0. The molecule has 1 aliphatic rings. The lowest BCUT2D eigenvalue weighted by atomic mass is 9.86. The van der Waals surface area contributed by atoms with Crippen molar-refractivity contribution >= 4 is 12.0 Å². The number of oxazole rings is 1. The second-order valence-electron chi connectivity index (χ2n) is 6.08. The highest BCUT2D eigenvalue weighted by atomic mass is 16.4. The number of urea groups is 1. The zero-order chi connectivity index (χ0) is 16.8. The van der Waals surface area contributed by atoms with Crippen molar-refractivity contribution in [3.05, 3.63) is 17.3 Å². The molecule has 7 heteroatoms. The maximum Gasteiger partial charge on any atom is 0.315 e. The van der Waals surface area contributed by atoms with Crippen molar-refractivity contribution in [2.75, 3.05) is 0 Å². The molecule has 0 unspecified atom stereocenters. The second kappa shape index (κ2) is 7.99. The number of carboxylic acid groups (broad SMARTS) is 1. The van der Waals surface area contributed by atoms with Crippen molar-refractivity contribution in [2.45, 2.75) is 65.0 Å². The molecule has 7 nitrogen and oxygen atoms in total. The van der Waals surface area contributed by atoms with Crippen LogP contribution in [0.25, 0.3) is 0 Å². The first-order chi connectivity index (χ1) is 11.0.